The fourth-order valence-corrected chi connectivity index (χ4v) is 1.84. The highest BCUT2D eigenvalue weighted by atomic mass is 16.6. The summed E-state index contributed by atoms with van der Waals surface area (Å²) in [5, 5.41) is 25.5. The van der Waals surface area contributed by atoms with Crippen molar-refractivity contribution in [1.82, 2.24) is 15.2 Å². The molecule has 0 spiro atoms. The van der Waals surface area contributed by atoms with Crippen molar-refractivity contribution < 1.29 is 14.8 Å². The highest BCUT2D eigenvalue weighted by molar-refractivity contribution is 5.93. The summed E-state index contributed by atoms with van der Waals surface area (Å²) in [7, 11) is 0. The van der Waals surface area contributed by atoms with Gasteiger partial charge in [0.05, 0.1) is 17.2 Å². The van der Waals surface area contributed by atoms with Crippen molar-refractivity contribution in [2.75, 3.05) is 19.6 Å². The first-order chi connectivity index (χ1) is 9.82. The van der Waals surface area contributed by atoms with Crippen LogP contribution in [0.25, 0.3) is 0 Å². The maximum atomic E-state index is 12.1. The molecule has 3 N–H and O–H groups in total. The number of amides is 1. The Balaban J connectivity index is 2.62. The quantitative estimate of drug-likeness (QED) is 0.371. The number of aliphatic hydroxyl groups excluding tert-OH is 1. The first-order valence-corrected chi connectivity index (χ1v) is 6.86. The van der Waals surface area contributed by atoms with Gasteiger partial charge in [-0.05, 0) is 20.8 Å². The van der Waals surface area contributed by atoms with Crippen LogP contribution in [-0.4, -0.2) is 46.2 Å². The largest absolute Gasteiger partial charge is 0.392 e. The summed E-state index contributed by atoms with van der Waals surface area (Å²) in [5.74, 6) is -0.351. The van der Waals surface area contributed by atoms with E-state index in [2.05, 4.69) is 10.6 Å². The Kier molecular flexibility index (Phi) is 6.32. The molecule has 1 aromatic rings. The van der Waals surface area contributed by atoms with Crippen LogP contribution in [0.15, 0.2) is 12.3 Å². The Morgan fingerprint density at radius 3 is 2.62 bits per heavy atom. The van der Waals surface area contributed by atoms with Gasteiger partial charge in [-0.2, -0.15) is 0 Å². The number of aromatic nitrogens is 1. The Morgan fingerprint density at radius 2 is 2.10 bits per heavy atom. The van der Waals surface area contributed by atoms with E-state index in [1.807, 2.05) is 13.8 Å². The zero-order chi connectivity index (χ0) is 16.0. The minimum Gasteiger partial charge on any atom is -0.392 e. The molecule has 0 saturated heterocycles. The summed E-state index contributed by atoms with van der Waals surface area (Å²) in [4.78, 5) is 22.4. The standard InChI is InChI=1S/C13H22N4O4/c1-9(2)16-8-11(17(20)21)6-12(16)13(19)15-5-4-14-7-10(3)18/h6,8-10,14,18H,4-5,7H2,1-3H3,(H,15,19). The SMILES string of the molecule is CC(O)CNCCNC(=O)c1cc([N+](=O)[O-])cn1C(C)C. The van der Waals surface area contributed by atoms with Gasteiger partial charge in [0.2, 0.25) is 0 Å². The highest BCUT2D eigenvalue weighted by Gasteiger charge is 2.20. The lowest BCUT2D eigenvalue weighted by atomic mass is 10.3. The molecule has 0 radical (unpaired) electrons. The average Bonchev–Trinajstić information content (AvgIpc) is 2.83. The van der Waals surface area contributed by atoms with E-state index in [4.69, 9.17) is 5.11 Å². The zero-order valence-corrected chi connectivity index (χ0v) is 12.5. The van der Waals surface area contributed by atoms with Gasteiger partial charge in [-0.15, -0.1) is 0 Å². The molecule has 21 heavy (non-hydrogen) atoms. The van der Waals surface area contributed by atoms with Crippen LogP contribution < -0.4 is 10.6 Å². The molecule has 8 heteroatoms. The van der Waals surface area contributed by atoms with Gasteiger partial charge >= 0.3 is 0 Å². The molecule has 0 bridgehead atoms. The van der Waals surface area contributed by atoms with Gasteiger partial charge in [-0.25, -0.2) is 0 Å². The Bertz CT molecular complexity index is 496. The van der Waals surface area contributed by atoms with Gasteiger partial charge in [0.25, 0.3) is 11.6 Å². The summed E-state index contributed by atoms with van der Waals surface area (Å²) < 4.78 is 1.58. The minimum atomic E-state index is -0.514. The number of nitrogens with zero attached hydrogens (tertiary/aromatic N) is 2. The fourth-order valence-electron chi connectivity index (χ4n) is 1.84. The zero-order valence-electron chi connectivity index (χ0n) is 12.5. The third kappa shape index (κ3) is 5.16. The average molecular weight is 298 g/mol. The van der Waals surface area contributed by atoms with Crippen molar-refractivity contribution in [3.05, 3.63) is 28.1 Å². The molecule has 1 atom stereocenters. The van der Waals surface area contributed by atoms with Gasteiger partial charge in [0.1, 0.15) is 5.69 Å². The Morgan fingerprint density at radius 1 is 1.43 bits per heavy atom. The minimum absolute atomic E-state index is 0.0483. The lowest BCUT2D eigenvalue weighted by Gasteiger charge is -2.12. The summed E-state index contributed by atoms with van der Waals surface area (Å²) >= 11 is 0. The molecule has 1 rings (SSSR count). The van der Waals surface area contributed by atoms with E-state index < -0.39 is 11.0 Å². The number of hydrogen-bond donors (Lipinski definition) is 3. The Labute approximate surface area is 123 Å². The van der Waals surface area contributed by atoms with E-state index in [1.165, 1.54) is 12.3 Å². The first kappa shape index (κ1) is 17.1. The molecule has 0 aliphatic carbocycles. The van der Waals surface area contributed by atoms with E-state index in [9.17, 15) is 14.9 Å². The number of carbonyl (C=O) groups excluding carboxylic acids is 1. The van der Waals surface area contributed by atoms with Gasteiger partial charge < -0.3 is 20.3 Å². The summed E-state index contributed by atoms with van der Waals surface area (Å²) in [6.07, 6.45) is 0.923. The predicted molar refractivity (Wildman–Crippen MR) is 78.4 cm³/mol. The van der Waals surface area contributed by atoms with Crippen molar-refractivity contribution in [1.29, 1.82) is 0 Å². The van der Waals surface area contributed by atoms with Crippen LogP contribution in [0.3, 0.4) is 0 Å². The molecular formula is C13H22N4O4. The van der Waals surface area contributed by atoms with Gasteiger partial charge in [0.15, 0.2) is 0 Å². The summed E-state index contributed by atoms with van der Waals surface area (Å²) in [6.45, 7) is 6.71. The number of aliphatic hydroxyl groups is 1. The topological polar surface area (TPSA) is 109 Å². The number of rotatable bonds is 8. The van der Waals surface area contributed by atoms with E-state index >= 15 is 0 Å². The second kappa shape index (κ2) is 7.75. The van der Waals surface area contributed by atoms with Gasteiger partial charge in [-0.3, -0.25) is 14.9 Å². The lowest BCUT2D eigenvalue weighted by molar-refractivity contribution is -0.384. The second-order valence-electron chi connectivity index (χ2n) is 5.15. The molecule has 0 saturated carbocycles. The smallest absolute Gasteiger partial charge is 0.287 e. The van der Waals surface area contributed by atoms with Crippen LogP contribution in [0.5, 0.6) is 0 Å². The number of nitro groups is 1. The van der Waals surface area contributed by atoms with E-state index in [0.717, 1.165) is 0 Å². The number of carbonyl (C=O) groups is 1. The van der Waals surface area contributed by atoms with Crippen molar-refractivity contribution >= 4 is 11.6 Å². The molecule has 0 aliphatic rings. The van der Waals surface area contributed by atoms with Crippen LogP contribution in [0.4, 0.5) is 5.69 Å². The van der Waals surface area contributed by atoms with Gasteiger partial charge in [0, 0.05) is 31.7 Å². The second-order valence-corrected chi connectivity index (χ2v) is 5.15. The molecule has 0 aliphatic heterocycles. The van der Waals surface area contributed by atoms with E-state index in [1.54, 1.807) is 11.5 Å². The summed E-state index contributed by atoms with van der Waals surface area (Å²) in [6, 6.07) is 1.23. The molecule has 0 fully saturated rings. The number of nitrogens with one attached hydrogen (secondary N) is 2. The lowest BCUT2D eigenvalue weighted by Crippen LogP contribution is -2.35. The van der Waals surface area contributed by atoms with E-state index in [-0.39, 0.29) is 23.3 Å². The monoisotopic (exact) mass is 298 g/mol. The molecule has 1 aromatic heterocycles. The van der Waals surface area contributed by atoms with E-state index in [0.29, 0.717) is 19.6 Å². The van der Waals surface area contributed by atoms with Crippen LogP contribution in [0, 0.1) is 10.1 Å². The summed E-state index contributed by atoms with van der Waals surface area (Å²) in [5.41, 5.74) is 0.174. The van der Waals surface area contributed by atoms with Crippen molar-refractivity contribution in [3.63, 3.8) is 0 Å². The van der Waals surface area contributed by atoms with Crippen LogP contribution in [0.1, 0.15) is 37.3 Å². The molecule has 1 amide bonds. The number of hydrogen-bond acceptors (Lipinski definition) is 5. The van der Waals surface area contributed by atoms with Crippen molar-refractivity contribution in [2.24, 2.45) is 0 Å². The van der Waals surface area contributed by atoms with Crippen LogP contribution >= 0.6 is 0 Å². The normalized spacial score (nSPS) is 12.4. The molecule has 8 nitrogen and oxygen atoms in total. The van der Waals surface area contributed by atoms with Crippen LogP contribution in [-0.2, 0) is 0 Å². The predicted octanol–water partition coefficient (Wildman–Crippen LogP) is 0.677. The molecular weight excluding hydrogens is 276 g/mol. The highest BCUT2D eigenvalue weighted by Crippen LogP contribution is 2.20. The molecule has 1 heterocycles. The van der Waals surface area contributed by atoms with Gasteiger partial charge in [-0.1, -0.05) is 0 Å². The van der Waals surface area contributed by atoms with Crippen LogP contribution in [0.2, 0.25) is 0 Å². The Hall–Kier alpha value is -1.93. The molecule has 118 valence electrons. The third-order valence-electron chi connectivity index (χ3n) is 2.86. The maximum absolute atomic E-state index is 12.1. The van der Waals surface area contributed by atoms with Crippen molar-refractivity contribution in [3.8, 4) is 0 Å². The molecule has 0 aromatic carbocycles. The van der Waals surface area contributed by atoms with Crippen molar-refractivity contribution in [2.45, 2.75) is 32.9 Å². The fraction of sp³-hybridized carbons (Fsp3) is 0.615. The first-order valence-electron chi connectivity index (χ1n) is 6.86. The third-order valence-corrected chi connectivity index (χ3v) is 2.86. The maximum Gasteiger partial charge on any atom is 0.287 e. The molecule has 1 unspecified atom stereocenters.